The Labute approximate surface area is 145 Å². The van der Waals surface area contributed by atoms with E-state index in [4.69, 9.17) is 0 Å². The largest absolute Gasteiger partial charge is 0.435 e. The van der Waals surface area contributed by atoms with E-state index in [1.807, 2.05) is 32.0 Å². The number of nitrogens with one attached hydrogen (secondary N) is 1. The number of aryl methyl sites for hydroxylation is 2. The minimum absolute atomic E-state index is 0.0121. The molecule has 0 aliphatic rings. The zero-order chi connectivity index (χ0) is 18.4. The normalized spacial score (nSPS) is 12.1. The quantitative estimate of drug-likeness (QED) is 0.806. The van der Waals surface area contributed by atoms with Crippen molar-refractivity contribution < 1.29 is 23.4 Å². The molecule has 0 aliphatic carbocycles. The van der Waals surface area contributed by atoms with Crippen LogP contribution in [0, 0.1) is 13.8 Å². The molecule has 2 aromatic carbocycles. The molecule has 2 rings (SSSR count). The van der Waals surface area contributed by atoms with Crippen molar-refractivity contribution in [2.24, 2.45) is 0 Å². The molecular weight excluding hydrogens is 328 g/mol. The minimum Gasteiger partial charge on any atom is -0.435 e. The van der Waals surface area contributed by atoms with Crippen LogP contribution in [0.25, 0.3) is 0 Å². The van der Waals surface area contributed by atoms with E-state index in [9.17, 15) is 18.7 Å². The number of ether oxygens (including phenoxy) is 1. The number of alkyl halides is 2. The van der Waals surface area contributed by atoms with Crippen molar-refractivity contribution in [2.45, 2.75) is 33.0 Å². The van der Waals surface area contributed by atoms with Crippen LogP contribution in [-0.4, -0.2) is 24.2 Å². The lowest BCUT2D eigenvalue weighted by atomic mass is 10.0. The van der Waals surface area contributed by atoms with E-state index in [0.717, 1.165) is 16.7 Å². The Morgan fingerprint density at radius 2 is 1.96 bits per heavy atom. The van der Waals surface area contributed by atoms with Crippen LogP contribution in [0.3, 0.4) is 0 Å². The molecule has 0 aliphatic heterocycles. The van der Waals surface area contributed by atoms with Crippen molar-refractivity contribution in [3.63, 3.8) is 0 Å². The van der Waals surface area contributed by atoms with Crippen LogP contribution < -0.4 is 10.1 Å². The van der Waals surface area contributed by atoms with Gasteiger partial charge in [0.2, 0.25) is 5.91 Å². The van der Waals surface area contributed by atoms with Gasteiger partial charge in [-0.1, -0.05) is 35.9 Å². The monoisotopic (exact) mass is 349 g/mol. The molecule has 1 amide bonds. The molecule has 0 radical (unpaired) electrons. The molecule has 2 aromatic rings. The summed E-state index contributed by atoms with van der Waals surface area (Å²) < 4.78 is 28.8. The highest BCUT2D eigenvalue weighted by Gasteiger charge is 2.13. The first-order valence-electron chi connectivity index (χ1n) is 7.91. The maximum absolute atomic E-state index is 12.2. The number of aliphatic hydroxyl groups excluding tert-OH is 1. The van der Waals surface area contributed by atoms with Gasteiger partial charge < -0.3 is 15.2 Å². The number of hydrogen-bond donors (Lipinski definition) is 2. The van der Waals surface area contributed by atoms with Gasteiger partial charge in [-0.15, -0.1) is 0 Å². The van der Waals surface area contributed by atoms with Gasteiger partial charge in [0.15, 0.2) is 0 Å². The third-order valence-corrected chi connectivity index (χ3v) is 3.82. The smallest absolute Gasteiger partial charge is 0.387 e. The van der Waals surface area contributed by atoms with E-state index in [0.29, 0.717) is 5.56 Å². The number of halogens is 2. The van der Waals surface area contributed by atoms with E-state index in [2.05, 4.69) is 10.1 Å². The van der Waals surface area contributed by atoms with Crippen LogP contribution in [0.2, 0.25) is 0 Å². The third kappa shape index (κ3) is 5.83. The zero-order valence-electron chi connectivity index (χ0n) is 14.1. The van der Waals surface area contributed by atoms with Crippen LogP contribution in [0.1, 0.15) is 28.4 Å². The maximum Gasteiger partial charge on any atom is 0.387 e. The van der Waals surface area contributed by atoms with E-state index in [1.54, 1.807) is 6.07 Å². The average Bonchev–Trinajstić information content (AvgIpc) is 2.55. The SMILES string of the molecule is Cc1ccc(C)c(CC(=O)NCC(O)c2cccc(OC(F)F)c2)c1. The van der Waals surface area contributed by atoms with Crippen molar-refractivity contribution in [3.05, 3.63) is 64.7 Å². The molecule has 0 spiro atoms. The first-order valence-corrected chi connectivity index (χ1v) is 7.91. The Balaban J connectivity index is 1.92. The van der Waals surface area contributed by atoms with E-state index in [1.165, 1.54) is 18.2 Å². The van der Waals surface area contributed by atoms with Crippen molar-refractivity contribution in [3.8, 4) is 5.75 Å². The molecule has 0 heterocycles. The molecule has 0 saturated carbocycles. The van der Waals surface area contributed by atoms with Gasteiger partial charge in [0.05, 0.1) is 12.5 Å². The number of benzene rings is 2. The number of carbonyl (C=O) groups is 1. The van der Waals surface area contributed by atoms with Gasteiger partial charge in [0, 0.05) is 6.54 Å². The Morgan fingerprint density at radius 1 is 1.20 bits per heavy atom. The van der Waals surface area contributed by atoms with Gasteiger partial charge in [-0.2, -0.15) is 8.78 Å². The number of hydrogen-bond acceptors (Lipinski definition) is 3. The number of carbonyl (C=O) groups excluding carboxylic acids is 1. The van der Waals surface area contributed by atoms with Crippen molar-refractivity contribution in [1.29, 1.82) is 0 Å². The molecule has 0 fully saturated rings. The van der Waals surface area contributed by atoms with Crippen LogP contribution in [-0.2, 0) is 11.2 Å². The molecule has 0 aromatic heterocycles. The van der Waals surface area contributed by atoms with Crippen LogP contribution in [0.4, 0.5) is 8.78 Å². The van der Waals surface area contributed by atoms with Crippen molar-refractivity contribution >= 4 is 5.91 Å². The Bertz CT molecular complexity index is 734. The average molecular weight is 349 g/mol. The fraction of sp³-hybridized carbons (Fsp3) is 0.316. The summed E-state index contributed by atoms with van der Waals surface area (Å²) >= 11 is 0. The Hall–Kier alpha value is -2.47. The van der Waals surface area contributed by atoms with Crippen LogP contribution in [0.15, 0.2) is 42.5 Å². The Morgan fingerprint density at radius 3 is 2.68 bits per heavy atom. The molecule has 134 valence electrons. The summed E-state index contributed by atoms with van der Waals surface area (Å²) in [6.45, 7) is 0.955. The van der Waals surface area contributed by atoms with E-state index in [-0.39, 0.29) is 24.6 Å². The van der Waals surface area contributed by atoms with Gasteiger partial charge >= 0.3 is 6.61 Å². The van der Waals surface area contributed by atoms with Crippen LogP contribution in [0.5, 0.6) is 5.75 Å². The molecule has 25 heavy (non-hydrogen) atoms. The molecule has 2 N–H and O–H groups in total. The van der Waals surface area contributed by atoms with E-state index >= 15 is 0 Å². The van der Waals surface area contributed by atoms with Gasteiger partial charge in [-0.05, 0) is 42.7 Å². The molecule has 6 heteroatoms. The second-order valence-corrected chi connectivity index (χ2v) is 5.88. The highest BCUT2D eigenvalue weighted by atomic mass is 19.3. The molecular formula is C19H21F2NO3. The molecule has 1 unspecified atom stereocenters. The third-order valence-electron chi connectivity index (χ3n) is 3.82. The fourth-order valence-electron chi connectivity index (χ4n) is 2.45. The first kappa shape index (κ1) is 18.9. The van der Waals surface area contributed by atoms with Gasteiger partial charge in [0.1, 0.15) is 5.75 Å². The zero-order valence-corrected chi connectivity index (χ0v) is 14.1. The second kappa shape index (κ2) is 8.58. The number of aliphatic hydroxyl groups is 1. The summed E-state index contributed by atoms with van der Waals surface area (Å²) in [5.74, 6) is -0.249. The summed E-state index contributed by atoms with van der Waals surface area (Å²) in [4.78, 5) is 12.1. The number of rotatable bonds is 7. The number of amides is 1. The van der Waals surface area contributed by atoms with Crippen molar-refractivity contribution in [1.82, 2.24) is 5.32 Å². The molecule has 0 saturated heterocycles. The van der Waals surface area contributed by atoms with Gasteiger partial charge in [0.25, 0.3) is 0 Å². The highest BCUT2D eigenvalue weighted by Crippen LogP contribution is 2.20. The summed E-state index contributed by atoms with van der Waals surface area (Å²) in [6, 6.07) is 11.7. The maximum atomic E-state index is 12.2. The predicted octanol–water partition coefficient (Wildman–Crippen LogP) is 3.30. The molecule has 4 nitrogen and oxygen atoms in total. The fourth-order valence-corrected chi connectivity index (χ4v) is 2.45. The first-order chi connectivity index (χ1) is 11.8. The highest BCUT2D eigenvalue weighted by molar-refractivity contribution is 5.79. The standard InChI is InChI=1S/C19H21F2NO3/c1-12-6-7-13(2)15(8-12)10-18(24)22-11-17(23)14-4-3-5-16(9-14)25-19(20)21/h3-9,17,19,23H,10-11H2,1-2H3,(H,22,24). The summed E-state index contributed by atoms with van der Waals surface area (Å²) in [7, 11) is 0. The van der Waals surface area contributed by atoms with E-state index < -0.39 is 12.7 Å². The summed E-state index contributed by atoms with van der Waals surface area (Å²) in [5.41, 5.74) is 3.42. The predicted molar refractivity (Wildman–Crippen MR) is 90.7 cm³/mol. The van der Waals surface area contributed by atoms with Gasteiger partial charge in [-0.3, -0.25) is 4.79 Å². The van der Waals surface area contributed by atoms with Crippen molar-refractivity contribution in [2.75, 3.05) is 6.54 Å². The summed E-state index contributed by atoms with van der Waals surface area (Å²) in [5, 5.41) is 12.8. The van der Waals surface area contributed by atoms with Gasteiger partial charge in [-0.25, -0.2) is 0 Å². The lowest BCUT2D eigenvalue weighted by Crippen LogP contribution is -2.29. The second-order valence-electron chi connectivity index (χ2n) is 5.88. The molecule has 0 bridgehead atoms. The lowest BCUT2D eigenvalue weighted by Gasteiger charge is -2.14. The summed E-state index contributed by atoms with van der Waals surface area (Å²) in [6.07, 6.45) is -0.793. The lowest BCUT2D eigenvalue weighted by molar-refractivity contribution is -0.120. The minimum atomic E-state index is -2.93. The molecule has 1 atom stereocenters. The topological polar surface area (TPSA) is 58.6 Å². The van der Waals surface area contributed by atoms with Crippen LogP contribution >= 0.6 is 0 Å². The Kier molecular flexibility index (Phi) is 6.47.